The van der Waals surface area contributed by atoms with Crippen molar-refractivity contribution in [1.29, 1.82) is 0 Å². The highest BCUT2D eigenvalue weighted by Crippen LogP contribution is 2.13. The summed E-state index contributed by atoms with van der Waals surface area (Å²) in [5.41, 5.74) is 10.2. The molecule has 1 aliphatic heterocycles. The first-order valence-electron chi connectivity index (χ1n) is 7.14. The van der Waals surface area contributed by atoms with E-state index in [-0.39, 0.29) is 5.11 Å². The number of hydrogen-bond donors (Lipinski definition) is 2. The van der Waals surface area contributed by atoms with Gasteiger partial charge >= 0.3 is 0 Å². The number of nitrogens with two attached hydrogens (primary N) is 1. The van der Waals surface area contributed by atoms with Crippen LogP contribution in [0.2, 0.25) is 0 Å². The number of hydrazone groups is 1. The van der Waals surface area contributed by atoms with Crippen molar-refractivity contribution in [3.05, 3.63) is 35.4 Å². The summed E-state index contributed by atoms with van der Waals surface area (Å²) in [6, 6.07) is 8.45. The van der Waals surface area contributed by atoms with E-state index in [4.69, 9.17) is 5.73 Å². The Kier molecular flexibility index (Phi) is 5.95. The number of thiocarbonyl (C=S) groups is 1. The zero-order valence-corrected chi connectivity index (χ0v) is 12.5. The van der Waals surface area contributed by atoms with Gasteiger partial charge in [0.05, 0.1) is 6.21 Å². The Balaban J connectivity index is 1.87. The highest BCUT2D eigenvalue weighted by atomic mass is 32.1. The molecule has 1 aliphatic rings. The van der Waals surface area contributed by atoms with Gasteiger partial charge in [-0.2, -0.15) is 5.10 Å². The van der Waals surface area contributed by atoms with Crippen LogP contribution in [-0.2, 0) is 6.54 Å². The average Bonchev–Trinajstić information content (AvgIpc) is 2.69. The third kappa shape index (κ3) is 5.27. The molecule has 1 aromatic rings. The summed E-state index contributed by atoms with van der Waals surface area (Å²) < 4.78 is 0. The van der Waals surface area contributed by atoms with Gasteiger partial charge in [0, 0.05) is 6.54 Å². The molecule has 0 spiro atoms. The topological polar surface area (TPSA) is 53.6 Å². The molecule has 0 unspecified atom stereocenters. The minimum atomic E-state index is 0.180. The van der Waals surface area contributed by atoms with Crippen LogP contribution in [-0.4, -0.2) is 29.3 Å². The lowest BCUT2D eigenvalue weighted by atomic mass is 10.1. The van der Waals surface area contributed by atoms with Crippen LogP contribution in [0.4, 0.5) is 0 Å². The number of nitrogens with zero attached hydrogens (tertiary/aromatic N) is 2. The predicted octanol–water partition coefficient (Wildman–Crippen LogP) is 2.23. The molecule has 3 N–H and O–H groups in total. The van der Waals surface area contributed by atoms with E-state index in [0.29, 0.717) is 0 Å². The summed E-state index contributed by atoms with van der Waals surface area (Å²) in [5, 5.41) is 4.13. The molecule has 20 heavy (non-hydrogen) atoms. The SMILES string of the molecule is NC(=S)NN=Cc1ccc(CN2CCCCCC2)cc1. The second-order valence-corrected chi connectivity index (χ2v) is 5.61. The molecule has 5 heteroatoms. The van der Waals surface area contributed by atoms with Crippen molar-refractivity contribution in [2.24, 2.45) is 10.8 Å². The molecular formula is C15H22N4S. The first-order chi connectivity index (χ1) is 9.74. The van der Waals surface area contributed by atoms with E-state index in [1.165, 1.54) is 44.3 Å². The first kappa shape index (κ1) is 14.9. The molecule has 0 saturated carbocycles. The van der Waals surface area contributed by atoms with Crippen LogP contribution in [0, 0.1) is 0 Å². The second kappa shape index (κ2) is 7.97. The van der Waals surface area contributed by atoms with Crippen LogP contribution in [0.15, 0.2) is 29.4 Å². The molecule has 0 radical (unpaired) electrons. The molecule has 2 rings (SSSR count). The fraction of sp³-hybridized carbons (Fsp3) is 0.467. The van der Waals surface area contributed by atoms with E-state index < -0.39 is 0 Å². The molecule has 0 aromatic heterocycles. The molecule has 0 aliphatic carbocycles. The number of likely N-dealkylation sites (tertiary alicyclic amines) is 1. The van der Waals surface area contributed by atoms with Crippen LogP contribution in [0.25, 0.3) is 0 Å². The lowest BCUT2D eigenvalue weighted by Gasteiger charge is -2.19. The average molecular weight is 290 g/mol. The summed E-state index contributed by atoms with van der Waals surface area (Å²) in [6.45, 7) is 3.49. The van der Waals surface area contributed by atoms with Gasteiger partial charge in [0.2, 0.25) is 0 Å². The maximum absolute atomic E-state index is 5.30. The van der Waals surface area contributed by atoms with E-state index >= 15 is 0 Å². The molecule has 1 aromatic carbocycles. The molecule has 1 fully saturated rings. The fourth-order valence-corrected chi connectivity index (χ4v) is 2.48. The van der Waals surface area contributed by atoms with Gasteiger partial charge in [-0.05, 0) is 49.3 Å². The van der Waals surface area contributed by atoms with E-state index in [1.54, 1.807) is 6.21 Å². The third-order valence-electron chi connectivity index (χ3n) is 3.47. The summed E-state index contributed by atoms with van der Waals surface area (Å²) in [6.07, 6.45) is 7.13. The lowest BCUT2D eigenvalue weighted by molar-refractivity contribution is 0.277. The Bertz CT molecular complexity index is 447. The largest absolute Gasteiger partial charge is 0.375 e. The van der Waals surface area contributed by atoms with E-state index in [9.17, 15) is 0 Å². The summed E-state index contributed by atoms with van der Waals surface area (Å²) in [5.74, 6) is 0. The Hall–Kier alpha value is -1.46. The van der Waals surface area contributed by atoms with E-state index in [1.807, 2.05) is 0 Å². The minimum Gasteiger partial charge on any atom is -0.375 e. The Morgan fingerprint density at radius 1 is 1.20 bits per heavy atom. The number of hydrogen-bond acceptors (Lipinski definition) is 3. The minimum absolute atomic E-state index is 0.180. The smallest absolute Gasteiger partial charge is 0.184 e. The van der Waals surface area contributed by atoms with Crippen LogP contribution < -0.4 is 11.2 Å². The number of benzene rings is 1. The molecule has 1 heterocycles. The molecule has 108 valence electrons. The van der Waals surface area contributed by atoms with Crippen molar-refractivity contribution in [2.45, 2.75) is 32.2 Å². The van der Waals surface area contributed by atoms with Gasteiger partial charge in [0.1, 0.15) is 0 Å². The number of rotatable bonds is 4. The zero-order chi connectivity index (χ0) is 14.2. The monoisotopic (exact) mass is 290 g/mol. The van der Waals surface area contributed by atoms with Crippen LogP contribution in [0.5, 0.6) is 0 Å². The van der Waals surface area contributed by atoms with Crippen molar-refractivity contribution in [2.75, 3.05) is 13.1 Å². The number of nitrogens with one attached hydrogen (secondary N) is 1. The highest BCUT2D eigenvalue weighted by molar-refractivity contribution is 7.80. The van der Waals surface area contributed by atoms with Crippen LogP contribution in [0.1, 0.15) is 36.8 Å². The molecule has 1 saturated heterocycles. The third-order valence-corrected chi connectivity index (χ3v) is 3.56. The molecule has 0 amide bonds. The molecule has 0 bridgehead atoms. The fourth-order valence-electron chi connectivity index (χ4n) is 2.43. The maximum atomic E-state index is 5.30. The van der Waals surface area contributed by atoms with E-state index in [2.05, 4.69) is 51.9 Å². The summed E-state index contributed by atoms with van der Waals surface area (Å²) in [7, 11) is 0. The first-order valence-corrected chi connectivity index (χ1v) is 7.55. The van der Waals surface area contributed by atoms with Gasteiger partial charge in [-0.1, -0.05) is 37.1 Å². The summed E-state index contributed by atoms with van der Waals surface area (Å²) >= 11 is 4.68. The Morgan fingerprint density at radius 3 is 2.45 bits per heavy atom. The highest BCUT2D eigenvalue weighted by Gasteiger charge is 2.08. The normalized spacial score (nSPS) is 17.0. The van der Waals surface area contributed by atoms with Gasteiger partial charge in [-0.3, -0.25) is 10.3 Å². The standard InChI is InChI=1S/C15H22N4S/c16-15(20)18-17-11-13-5-7-14(8-6-13)12-19-9-3-1-2-4-10-19/h5-8,11H,1-4,9-10,12H2,(H3,16,18,20). The van der Waals surface area contributed by atoms with Crippen molar-refractivity contribution < 1.29 is 0 Å². The molecule has 4 nitrogen and oxygen atoms in total. The predicted molar refractivity (Wildman–Crippen MR) is 87.7 cm³/mol. The lowest BCUT2D eigenvalue weighted by Crippen LogP contribution is -2.24. The second-order valence-electron chi connectivity index (χ2n) is 5.17. The van der Waals surface area contributed by atoms with Crippen molar-refractivity contribution >= 4 is 23.5 Å². The van der Waals surface area contributed by atoms with Crippen LogP contribution >= 0.6 is 12.2 Å². The quantitative estimate of drug-likeness (QED) is 0.507. The van der Waals surface area contributed by atoms with Crippen molar-refractivity contribution in [1.82, 2.24) is 10.3 Å². The zero-order valence-electron chi connectivity index (χ0n) is 11.7. The van der Waals surface area contributed by atoms with Crippen molar-refractivity contribution in [3.8, 4) is 0 Å². The molecule has 0 atom stereocenters. The Labute approximate surface area is 126 Å². The van der Waals surface area contributed by atoms with Gasteiger partial charge in [0.15, 0.2) is 5.11 Å². The van der Waals surface area contributed by atoms with Gasteiger partial charge < -0.3 is 5.73 Å². The van der Waals surface area contributed by atoms with Crippen LogP contribution in [0.3, 0.4) is 0 Å². The summed E-state index contributed by atoms with van der Waals surface area (Å²) in [4.78, 5) is 2.55. The Morgan fingerprint density at radius 2 is 1.85 bits per heavy atom. The van der Waals surface area contributed by atoms with E-state index in [0.717, 1.165) is 12.1 Å². The van der Waals surface area contributed by atoms with Gasteiger partial charge in [-0.25, -0.2) is 0 Å². The van der Waals surface area contributed by atoms with Gasteiger partial charge in [0.25, 0.3) is 0 Å². The van der Waals surface area contributed by atoms with Gasteiger partial charge in [-0.15, -0.1) is 0 Å². The molecular weight excluding hydrogens is 268 g/mol. The van der Waals surface area contributed by atoms with Crippen molar-refractivity contribution in [3.63, 3.8) is 0 Å². The maximum Gasteiger partial charge on any atom is 0.184 e.